The van der Waals surface area contributed by atoms with Crippen LogP contribution in [0.3, 0.4) is 0 Å². The molecule has 3 N–H and O–H groups in total. The highest BCUT2D eigenvalue weighted by atomic mass is 16.5. The molecule has 0 spiro atoms. The SMILES string of the molecule is Cc1cccc2c1CC(C1CCN(CCN)CC1)O[C@H]2CNC=O. The highest BCUT2D eigenvalue weighted by Crippen LogP contribution is 2.37. The maximum atomic E-state index is 10.7. The lowest BCUT2D eigenvalue weighted by Gasteiger charge is -2.40. The molecule has 0 aliphatic carbocycles. The fourth-order valence-corrected chi connectivity index (χ4v) is 4.16. The fraction of sp³-hybridized carbons (Fsp3) is 0.632. The van der Waals surface area contributed by atoms with Gasteiger partial charge in [0.15, 0.2) is 0 Å². The highest BCUT2D eigenvalue weighted by molar-refractivity contribution is 5.46. The summed E-state index contributed by atoms with van der Waals surface area (Å²) in [6, 6.07) is 6.39. The number of ether oxygens (including phenoxy) is 1. The molecule has 1 unspecified atom stereocenters. The minimum atomic E-state index is -0.0362. The van der Waals surface area contributed by atoms with Gasteiger partial charge in [0.1, 0.15) is 6.10 Å². The van der Waals surface area contributed by atoms with Gasteiger partial charge in [0.2, 0.25) is 6.41 Å². The fourth-order valence-electron chi connectivity index (χ4n) is 4.16. The second-order valence-corrected chi connectivity index (χ2v) is 7.00. The molecule has 0 bridgehead atoms. The van der Waals surface area contributed by atoms with Crippen LogP contribution in [0.4, 0.5) is 0 Å². The minimum Gasteiger partial charge on any atom is -0.368 e. The normalized spacial score (nSPS) is 25.2. The first-order valence-corrected chi connectivity index (χ1v) is 9.06. The van der Waals surface area contributed by atoms with Gasteiger partial charge in [-0.2, -0.15) is 0 Å². The van der Waals surface area contributed by atoms with E-state index < -0.39 is 0 Å². The monoisotopic (exact) mass is 331 g/mol. The van der Waals surface area contributed by atoms with Crippen LogP contribution in [0.5, 0.6) is 0 Å². The van der Waals surface area contributed by atoms with Crippen LogP contribution in [-0.4, -0.2) is 50.1 Å². The standard InChI is InChI=1S/C19H29N3O2/c1-14-3-2-4-16-17(14)11-18(24-19(16)12-21-13-23)15-5-8-22(9-6-15)10-7-20/h2-4,13,15,18-19H,5-12,20H2,1H3,(H,21,23)/t18?,19-/m0/s1. The van der Waals surface area contributed by atoms with Crippen LogP contribution in [-0.2, 0) is 16.0 Å². The van der Waals surface area contributed by atoms with E-state index in [0.29, 0.717) is 12.5 Å². The first kappa shape index (κ1) is 17.4. The number of aryl methyl sites for hydroxylation is 1. The van der Waals surface area contributed by atoms with Crippen LogP contribution in [0.1, 0.15) is 35.6 Å². The first-order valence-electron chi connectivity index (χ1n) is 9.06. The number of carbonyl (C=O) groups excluding carboxylic acids is 1. The second kappa shape index (κ2) is 8.10. The molecule has 2 aliphatic rings. The Labute approximate surface area is 144 Å². The average molecular weight is 331 g/mol. The Morgan fingerprint density at radius 2 is 2.17 bits per heavy atom. The number of nitrogens with zero attached hydrogens (tertiary/aromatic N) is 1. The molecule has 5 heteroatoms. The number of hydrogen-bond acceptors (Lipinski definition) is 4. The zero-order valence-electron chi connectivity index (χ0n) is 14.5. The van der Waals surface area contributed by atoms with Gasteiger partial charge < -0.3 is 20.7 Å². The van der Waals surface area contributed by atoms with Crippen LogP contribution < -0.4 is 11.1 Å². The maximum Gasteiger partial charge on any atom is 0.207 e. The molecule has 24 heavy (non-hydrogen) atoms. The summed E-state index contributed by atoms with van der Waals surface area (Å²) in [5, 5.41) is 2.80. The third-order valence-corrected chi connectivity index (χ3v) is 5.53. The van der Waals surface area contributed by atoms with Crippen molar-refractivity contribution in [2.75, 3.05) is 32.7 Å². The summed E-state index contributed by atoms with van der Waals surface area (Å²) >= 11 is 0. The molecule has 132 valence electrons. The summed E-state index contributed by atoms with van der Waals surface area (Å²) in [4.78, 5) is 13.2. The van der Waals surface area contributed by atoms with Crippen molar-refractivity contribution in [1.29, 1.82) is 0 Å². The van der Waals surface area contributed by atoms with E-state index in [0.717, 1.165) is 39.0 Å². The van der Waals surface area contributed by atoms with E-state index in [-0.39, 0.29) is 12.2 Å². The van der Waals surface area contributed by atoms with E-state index in [9.17, 15) is 4.79 Å². The number of carbonyl (C=O) groups is 1. The molecule has 2 heterocycles. The molecular formula is C19H29N3O2. The molecule has 1 fully saturated rings. The summed E-state index contributed by atoms with van der Waals surface area (Å²) in [5.74, 6) is 0.588. The largest absolute Gasteiger partial charge is 0.368 e. The lowest BCUT2D eigenvalue weighted by Crippen LogP contribution is -2.43. The van der Waals surface area contributed by atoms with E-state index >= 15 is 0 Å². The smallest absolute Gasteiger partial charge is 0.207 e. The third kappa shape index (κ3) is 3.79. The van der Waals surface area contributed by atoms with Gasteiger partial charge in [0.05, 0.1) is 6.10 Å². The predicted molar refractivity (Wildman–Crippen MR) is 94.8 cm³/mol. The van der Waals surface area contributed by atoms with E-state index in [1.807, 2.05) is 0 Å². The second-order valence-electron chi connectivity index (χ2n) is 7.00. The van der Waals surface area contributed by atoms with Gasteiger partial charge in [-0.05, 0) is 61.9 Å². The number of likely N-dealkylation sites (tertiary alicyclic amines) is 1. The zero-order chi connectivity index (χ0) is 16.9. The Kier molecular flexibility index (Phi) is 5.87. The summed E-state index contributed by atoms with van der Waals surface area (Å²) in [6.45, 7) is 6.67. The Morgan fingerprint density at radius 3 is 2.88 bits per heavy atom. The predicted octanol–water partition coefficient (Wildman–Crippen LogP) is 1.39. The molecule has 0 aromatic heterocycles. The van der Waals surface area contributed by atoms with Crippen molar-refractivity contribution < 1.29 is 9.53 Å². The number of benzene rings is 1. The molecule has 0 radical (unpaired) electrons. The quantitative estimate of drug-likeness (QED) is 0.773. The molecule has 1 saturated heterocycles. The lowest BCUT2D eigenvalue weighted by molar-refractivity contribution is -0.111. The van der Waals surface area contributed by atoms with Gasteiger partial charge in [0.25, 0.3) is 0 Å². The number of amides is 1. The highest BCUT2D eigenvalue weighted by Gasteiger charge is 2.34. The number of fused-ring (bicyclic) bond motifs is 1. The van der Waals surface area contributed by atoms with Crippen molar-refractivity contribution in [1.82, 2.24) is 10.2 Å². The van der Waals surface area contributed by atoms with E-state index in [4.69, 9.17) is 10.5 Å². The summed E-state index contributed by atoms with van der Waals surface area (Å²) in [6.07, 6.45) is 4.29. The van der Waals surface area contributed by atoms with Crippen LogP contribution >= 0.6 is 0 Å². The van der Waals surface area contributed by atoms with Gasteiger partial charge in [-0.25, -0.2) is 0 Å². The molecule has 3 rings (SSSR count). The maximum absolute atomic E-state index is 10.7. The molecule has 1 aromatic rings. The molecule has 0 saturated carbocycles. The Hall–Kier alpha value is -1.43. The van der Waals surface area contributed by atoms with Crippen molar-refractivity contribution in [3.8, 4) is 0 Å². The number of piperidine rings is 1. The van der Waals surface area contributed by atoms with Crippen molar-refractivity contribution in [3.63, 3.8) is 0 Å². The molecular weight excluding hydrogens is 302 g/mol. The van der Waals surface area contributed by atoms with E-state index in [1.165, 1.54) is 29.5 Å². The van der Waals surface area contributed by atoms with Gasteiger partial charge in [-0.1, -0.05) is 18.2 Å². The van der Waals surface area contributed by atoms with Crippen LogP contribution in [0.15, 0.2) is 18.2 Å². The average Bonchev–Trinajstić information content (AvgIpc) is 2.61. The minimum absolute atomic E-state index is 0.0362. The van der Waals surface area contributed by atoms with Crippen molar-refractivity contribution >= 4 is 6.41 Å². The molecule has 5 nitrogen and oxygen atoms in total. The van der Waals surface area contributed by atoms with E-state index in [1.54, 1.807) is 0 Å². The van der Waals surface area contributed by atoms with Crippen molar-refractivity contribution in [2.45, 2.75) is 38.4 Å². The van der Waals surface area contributed by atoms with Gasteiger partial charge in [-0.3, -0.25) is 4.79 Å². The molecule has 2 atom stereocenters. The summed E-state index contributed by atoms with van der Waals surface area (Å²) < 4.78 is 6.44. The van der Waals surface area contributed by atoms with Gasteiger partial charge in [0, 0.05) is 19.6 Å². The van der Waals surface area contributed by atoms with Crippen LogP contribution in [0.2, 0.25) is 0 Å². The Bertz CT molecular complexity index is 556. The van der Waals surface area contributed by atoms with Crippen molar-refractivity contribution in [3.05, 3.63) is 34.9 Å². The number of nitrogens with two attached hydrogens (primary N) is 1. The summed E-state index contributed by atoms with van der Waals surface area (Å²) in [7, 11) is 0. The topological polar surface area (TPSA) is 67.6 Å². The number of nitrogens with one attached hydrogen (secondary N) is 1. The van der Waals surface area contributed by atoms with Gasteiger partial charge in [-0.15, -0.1) is 0 Å². The Balaban J connectivity index is 1.72. The zero-order valence-corrected chi connectivity index (χ0v) is 14.5. The first-order chi connectivity index (χ1) is 11.7. The molecule has 1 amide bonds. The van der Waals surface area contributed by atoms with Gasteiger partial charge >= 0.3 is 0 Å². The van der Waals surface area contributed by atoms with Crippen LogP contribution in [0, 0.1) is 12.8 Å². The number of rotatable bonds is 6. The lowest BCUT2D eigenvalue weighted by atomic mass is 9.82. The molecule has 2 aliphatic heterocycles. The third-order valence-electron chi connectivity index (χ3n) is 5.53. The van der Waals surface area contributed by atoms with Crippen LogP contribution in [0.25, 0.3) is 0 Å². The van der Waals surface area contributed by atoms with E-state index in [2.05, 4.69) is 35.3 Å². The van der Waals surface area contributed by atoms with Crippen molar-refractivity contribution in [2.24, 2.45) is 11.7 Å². The Morgan fingerprint density at radius 1 is 1.38 bits per heavy atom. The number of hydrogen-bond donors (Lipinski definition) is 2. The molecule has 1 aromatic carbocycles. The summed E-state index contributed by atoms with van der Waals surface area (Å²) in [5.41, 5.74) is 9.65.